The highest BCUT2D eigenvalue weighted by Crippen LogP contribution is 2.33. The number of amides is 1. The van der Waals surface area contributed by atoms with Crippen LogP contribution in [0.4, 0.5) is 5.69 Å². The second kappa shape index (κ2) is 12.2. The van der Waals surface area contributed by atoms with Crippen molar-refractivity contribution in [2.45, 2.75) is 52.2 Å². The predicted molar refractivity (Wildman–Crippen MR) is 131 cm³/mol. The number of carbonyl (C=O) groups is 1. The molecule has 1 heterocycles. The van der Waals surface area contributed by atoms with Gasteiger partial charge in [-0.25, -0.2) is 0 Å². The van der Waals surface area contributed by atoms with Crippen LogP contribution in [0.3, 0.4) is 0 Å². The summed E-state index contributed by atoms with van der Waals surface area (Å²) in [6.45, 7) is 6.39. The Kier molecular flexibility index (Phi) is 9.11. The topological polar surface area (TPSA) is 74.8 Å². The first-order valence-electron chi connectivity index (χ1n) is 11.6. The van der Waals surface area contributed by atoms with Crippen molar-refractivity contribution in [3.63, 3.8) is 0 Å². The van der Waals surface area contributed by atoms with Gasteiger partial charge < -0.3 is 20.7 Å². The van der Waals surface area contributed by atoms with E-state index in [0.29, 0.717) is 18.9 Å². The van der Waals surface area contributed by atoms with E-state index in [2.05, 4.69) is 52.1 Å². The van der Waals surface area contributed by atoms with Crippen molar-refractivity contribution in [2.75, 3.05) is 25.5 Å². The molecule has 0 bridgehead atoms. The molecule has 6 nitrogen and oxygen atoms in total. The maximum atomic E-state index is 11.7. The van der Waals surface area contributed by atoms with E-state index in [1.54, 1.807) is 7.05 Å². The Labute approximate surface area is 191 Å². The van der Waals surface area contributed by atoms with Gasteiger partial charge in [0.15, 0.2) is 5.96 Å². The normalized spacial score (nSPS) is 18.8. The van der Waals surface area contributed by atoms with Crippen molar-refractivity contribution in [3.05, 3.63) is 65.2 Å². The van der Waals surface area contributed by atoms with Crippen LogP contribution in [0.2, 0.25) is 0 Å². The minimum absolute atomic E-state index is 0.0543. The average molecular weight is 437 g/mol. The summed E-state index contributed by atoms with van der Waals surface area (Å²) in [5.41, 5.74) is 4.46. The Balaban J connectivity index is 1.49. The van der Waals surface area contributed by atoms with Crippen LogP contribution in [0.1, 0.15) is 55.4 Å². The Morgan fingerprint density at radius 1 is 1.09 bits per heavy atom. The summed E-state index contributed by atoms with van der Waals surface area (Å²) in [5.74, 6) is 1.23. The van der Waals surface area contributed by atoms with Crippen LogP contribution >= 0.6 is 0 Å². The molecule has 0 aromatic heterocycles. The minimum atomic E-state index is 0.0543. The lowest BCUT2D eigenvalue weighted by molar-refractivity contribution is -0.116. The molecule has 2 aromatic carbocycles. The lowest BCUT2D eigenvalue weighted by Crippen LogP contribution is -2.41. The zero-order valence-electron chi connectivity index (χ0n) is 19.5. The van der Waals surface area contributed by atoms with Crippen molar-refractivity contribution in [1.82, 2.24) is 10.6 Å². The zero-order chi connectivity index (χ0) is 22.8. The van der Waals surface area contributed by atoms with Gasteiger partial charge in [-0.2, -0.15) is 0 Å². The number of benzene rings is 2. The molecule has 2 aromatic rings. The molecule has 172 valence electrons. The first kappa shape index (κ1) is 23.8. The molecule has 3 rings (SSSR count). The molecule has 1 aliphatic rings. The molecular weight excluding hydrogens is 400 g/mol. The fourth-order valence-electron chi connectivity index (χ4n) is 3.97. The average Bonchev–Trinajstić information content (AvgIpc) is 2.81. The van der Waals surface area contributed by atoms with E-state index >= 15 is 0 Å². The molecule has 0 radical (unpaired) electrons. The molecule has 32 heavy (non-hydrogen) atoms. The smallest absolute Gasteiger partial charge is 0.224 e. The Bertz CT molecular complexity index is 878. The third kappa shape index (κ3) is 7.09. The largest absolute Gasteiger partial charge is 0.373 e. The molecule has 2 unspecified atom stereocenters. The summed E-state index contributed by atoms with van der Waals surface area (Å²) >= 11 is 0. The van der Waals surface area contributed by atoms with E-state index in [4.69, 9.17) is 4.74 Å². The summed E-state index contributed by atoms with van der Waals surface area (Å²) in [6, 6.07) is 16.6. The molecule has 1 aliphatic heterocycles. The lowest BCUT2D eigenvalue weighted by Gasteiger charge is -2.32. The summed E-state index contributed by atoms with van der Waals surface area (Å²) in [4.78, 5) is 16.1. The highest BCUT2D eigenvalue weighted by atomic mass is 16.5. The highest BCUT2D eigenvalue weighted by Gasteiger charge is 2.27. The van der Waals surface area contributed by atoms with Crippen LogP contribution in [0.15, 0.2) is 53.5 Å². The number of nitrogens with one attached hydrogen (secondary N) is 3. The van der Waals surface area contributed by atoms with E-state index in [1.807, 2.05) is 31.2 Å². The van der Waals surface area contributed by atoms with Gasteiger partial charge in [0, 0.05) is 44.8 Å². The Morgan fingerprint density at radius 2 is 1.84 bits per heavy atom. The van der Waals surface area contributed by atoms with Crippen LogP contribution in [-0.2, 0) is 16.1 Å². The summed E-state index contributed by atoms with van der Waals surface area (Å²) < 4.78 is 6.14. The number of carbonyl (C=O) groups excluding carboxylic acids is 1. The molecule has 0 spiro atoms. The van der Waals surface area contributed by atoms with Crippen LogP contribution in [0.5, 0.6) is 0 Å². The summed E-state index contributed by atoms with van der Waals surface area (Å²) in [5, 5.41) is 9.77. The zero-order valence-corrected chi connectivity index (χ0v) is 19.5. The van der Waals surface area contributed by atoms with Gasteiger partial charge in [0.2, 0.25) is 5.91 Å². The van der Waals surface area contributed by atoms with Gasteiger partial charge in [0.25, 0.3) is 0 Å². The molecule has 1 fully saturated rings. The van der Waals surface area contributed by atoms with Crippen molar-refractivity contribution >= 4 is 17.6 Å². The van der Waals surface area contributed by atoms with E-state index in [1.165, 1.54) is 11.1 Å². The van der Waals surface area contributed by atoms with Gasteiger partial charge in [-0.3, -0.25) is 9.79 Å². The SMILES string of the molecule is CCCC(=O)Nc1ccc(CNC(=NC)NCC2CCCOC2c2ccc(C)cc2)cc1. The molecule has 3 N–H and O–H groups in total. The van der Waals surface area contributed by atoms with E-state index in [0.717, 1.165) is 49.6 Å². The van der Waals surface area contributed by atoms with Crippen LogP contribution in [0.25, 0.3) is 0 Å². The fraction of sp³-hybridized carbons (Fsp3) is 0.462. The van der Waals surface area contributed by atoms with Crippen molar-refractivity contribution in [2.24, 2.45) is 10.9 Å². The number of rotatable bonds is 8. The number of aliphatic imine (C=N–C) groups is 1. The molecule has 1 saturated heterocycles. The molecule has 0 aliphatic carbocycles. The van der Waals surface area contributed by atoms with E-state index < -0.39 is 0 Å². The van der Waals surface area contributed by atoms with Crippen molar-refractivity contribution in [3.8, 4) is 0 Å². The Morgan fingerprint density at radius 3 is 2.53 bits per heavy atom. The predicted octanol–water partition coefficient (Wildman–Crippen LogP) is 4.57. The van der Waals surface area contributed by atoms with E-state index in [9.17, 15) is 4.79 Å². The van der Waals surface area contributed by atoms with Crippen LogP contribution in [-0.4, -0.2) is 32.1 Å². The van der Waals surface area contributed by atoms with Crippen LogP contribution < -0.4 is 16.0 Å². The van der Waals surface area contributed by atoms with Gasteiger partial charge in [0.1, 0.15) is 0 Å². The molecular formula is C26H36N4O2. The quantitative estimate of drug-likeness (QED) is 0.419. The maximum absolute atomic E-state index is 11.7. The molecule has 2 atom stereocenters. The van der Waals surface area contributed by atoms with Gasteiger partial charge in [0.05, 0.1) is 6.10 Å². The maximum Gasteiger partial charge on any atom is 0.224 e. The van der Waals surface area contributed by atoms with Crippen molar-refractivity contribution < 1.29 is 9.53 Å². The van der Waals surface area contributed by atoms with Gasteiger partial charge in [-0.05, 0) is 49.4 Å². The number of nitrogens with zero attached hydrogens (tertiary/aromatic N) is 1. The number of ether oxygens (including phenoxy) is 1. The number of hydrogen-bond acceptors (Lipinski definition) is 3. The number of guanidine groups is 1. The first-order valence-corrected chi connectivity index (χ1v) is 11.6. The third-order valence-electron chi connectivity index (χ3n) is 5.78. The second-order valence-electron chi connectivity index (χ2n) is 8.41. The summed E-state index contributed by atoms with van der Waals surface area (Å²) in [7, 11) is 1.79. The third-order valence-corrected chi connectivity index (χ3v) is 5.78. The molecule has 0 saturated carbocycles. The molecule has 6 heteroatoms. The number of hydrogen-bond donors (Lipinski definition) is 3. The van der Waals surface area contributed by atoms with Gasteiger partial charge >= 0.3 is 0 Å². The highest BCUT2D eigenvalue weighted by molar-refractivity contribution is 5.90. The number of aryl methyl sites for hydroxylation is 1. The van der Waals surface area contributed by atoms with Crippen LogP contribution in [0, 0.1) is 12.8 Å². The van der Waals surface area contributed by atoms with Gasteiger partial charge in [-0.1, -0.05) is 48.9 Å². The minimum Gasteiger partial charge on any atom is -0.373 e. The van der Waals surface area contributed by atoms with Gasteiger partial charge in [-0.15, -0.1) is 0 Å². The lowest BCUT2D eigenvalue weighted by atomic mass is 9.89. The summed E-state index contributed by atoms with van der Waals surface area (Å²) in [6.07, 6.45) is 3.72. The number of anilines is 1. The second-order valence-corrected chi connectivity index (χ2v) is 8.41. The fourth-order valence-corrected chi connectivity index (χ4v) is 3.97. The standard InChI is InChI=1S/C26H36N4O2/c1-4-6-24(31)30-23-14-10-20(11-15-23)17-28-26(27-3)29-18-22-7-5-16-32-25(22)21-12-8-19(2)9-13-21/h8-15,22,25H,4-7,16-18H2,1-3H3,(H,30,31)(H2,27,28,29). The first-order chi connectivity index (χ1) is 15.6. The Hall–Kier alpha value is -2.86. The molecule has 1 amide bonds. The van der Waals surface area contributed by atoms with E-state index in [-0.39, 0.29) is 12.0 Å². The monoisotopic (exact) mass is 436 g/mol. The van der Waals surface area contributed by atoms with Crippen molar-refractivity contribution in [1.29, 1.82) is 0 Å².